The van der Waals surface area contributed by atoms with E-state index in [0.717, 1.165) is 16.8 Å². The molecule has 0 spiro atoms. The number of halogens is 1. The van der Waals surface area contributed by atoms with Gasteiger partial charge >= 0.3 is 0 Å². The normalized spacial score (nSPS) is 26.0. The van der Waals surface area contributed by atoms with E-state index in [2.05, 4.69) is 26.8 Å². The van der Waals surface area contributed by atoms with Crippen LogP contribution in [0.1, 0.15) is 39.0 Å². The molecule has 5 nitrogen and oxygen atoms in total. The number of hydrogen-bond acceptors (Lipinski definition) is 3. The van der Waals surface area contributed by atoms with Gasteiger partial charge in [0.15, 0.2) is 6.10 Å². The molecular weight excluding hydrogens is 372 g/mol. The number of ether oxygens (including phenoxy) is 1. The van der Waals surface area contributed by atoms with E-state index < -0.39 is 6.10 Å². The van der Waals surface area contributed by atoms with E-state index in [1.54, 1.807) is 19.1 Å². The Balaban J connectivity index is 1.40. The second-order valence-corrected chi connectivity index (χ2v) is 7.81. The summed E-state index contributed by atoms with van der Waals surface area (Å²) in [7, 11) is 0. The van der Waals surface area contributed by atoms with Gasteiger partial charge in [0.1, 0.15) is 5.75 Å². The van der Waals surface area contributed by atoms with Gasteiger partial charge in [-0.05, 0) is 62.1 Å². The number of carbonyl (C=O) groups excluding carboxylic acids is 2. The highest BCUT2D eigenvalue weighted by molar-refractivity contribution is 9.10. The maximum Gasteiger partial charge on any atom is 0.279 e. The lowest BCUT2D eigenvalue weighted by Crippen LogP contribution is -2.47. The van der Waals surface area contributed by atoms with E-state index in [-0.39, 0.29) is 11.8 Å². The third-order valence-electron chi connectivity index (χ3n) is 5.14. The first kappa shape index (κ1) is 17.3. The van der Waals surface area contributed by atoms with Crippen molar-refractivity contribution < 1.29 is 14.3 Å². The van der Waals surface area contributed by atoms with Crippen molar-refractivity contribution in [1.29, 1.82) is 0 Å². The van der Waals surface area contributed by atoms with Gasteiger partial charge in [-0.3, -0.25) is 20.4 Å². The zero-order chi connectivity index (χ0) is 17.1. The summed E-state index contributed by atoms with van der Waals surface area (Å²) in [5.74, 6) is 2.12. The molecule has 1 aromatic rings. The van der Waals surface area contributed by atoms with E-state index >= 15 is 0 Å². The van der Waals surface area contributed by atoms with Crippen molar-refractivity contribution in [1.82, 2.24) is 10.9 Å². The standard InChI is InChI=1S/C18H23BrN2O3/c1-11(24-16-4-2-3-15(19)10-16)18(23)21-20-17(22)9-14-8-12-5-6-13(14)7-12/h2-4,10-14H,5-9H2,1H3,(H,20,22)(H,21,23). The molecule has 4 atom stereocenters. The Labute approximate surface area is 150 Å². The number of hydrazine groups is 1. The highest BCUT2D eigenvalue weighted by atomic mass is 79.9. The Morgan fingerprint density at radius 1 is 1.29 bits per heavy atom. The fourth-order valence-corrected chi connectivity index (χ4v) is 4.32. The van der Waals surface area contributed by atoms with Crippen LogP contribution in [0.3, 0.4) is 0 Å². The number of benzene rings is 1. The lowest BCUT2D eigenvalue weighted by atomic mass is 9.86. The number of carbonyl (C=O) groups is 2. The highest BCUT2D eigenvalue weighted by Gasteiger charge is 2.40. The molecule has 2 saturated carbocycles. The van der Waals surface area contributed by atoms with E-state index in [9.17, 15) is 9.59 Å². The summed E-state index contributed by atoms with van der Waals surface area (Å²) < 4.78 is 6.45. The molecule has 4 unspecified atom stereocenters. The zero-order valence-electron chi connectivity index (χ0n) is 13.8. The molecule has 1 aromatic carbocycles. The summed E-state index contributed by atoms with van der Waals surface area (Å²) in [5.41, 5.74) is 4.98. The smallest absolute Gasteiger partial charge is 0.279 e. The lowest BCUT2D eigenvalue weighted by Gasteiger charge is -2.21. The molecule has 2 fully saturated rings. The van der Waals surface area contributed by atoms with Crippen molar-refractivity contribution in [2.75, 3.05) is 0 Å². The van der Waals surface area contributed by atoms with Crippen molar-refractivity contribution >= 4 is 27.7 Å². The summed E-state index contributed by atoms with van der Waals surface area (Å²) in [6, 6.07) is 7.29. The van der Waals surface area contributed by atoms with Gasteiger partial charge < -0.3 is 4.74 Å². The van der Waals surface area contributed by atoms with Gasteiger partial charge in [-0.25, -0.2) is 0 Å². The van der Waals surface area contributed by atoms with E-state index in [0.29, 0.717) is 24.0 Å². The molecule has 2 bridgehead atoms. The second kappa shape index (κ2) is 7.55. The average Bonchev–Trinajstić information content (AvgIpc) is 3.15. The Hall–Kier alpha value is -1.56. The van der Waals surface area contributed by atoms with E-state index in [1.165, 1.54) is 19.3 Å². The number of fused-ring (bicyclic) bond motifs is 2. The third-order valence-corrected chi connectivity index (χ3v) is 5.63. The summed E-state index contributed by atoms with van der Waals surface area (Å²) >= 11 is 3.36. The lowest BCUT2D eigenvalue weighted by molar-refractivity contribution is -0.133. The fraction of sp³-hybridized carbons (Fsp3) is 0.556. The Morgan fingerprint density at radius 3 is 2.79 bits per heavy atom. The Morgan fingerprint density at radius 2 is 2.12 bits per heavy atom. The average molecular weight is 395 g/mol. The molecule has 2 N–H and O–H groups in total. The van der Waals surface area contributed by atoms with Crippen molar-refractivity contribution in [3.63, 3.8) is 0 Å². The van der Waals surface area contributed by atoms with E-state index in [1.807, 2.05) is 12.1 Å². The van der Waals surface area contributed by atoms with Crippen LogP contribution in [-0.2, 0) is 9.59 Å². The van der Waals surface area contributed by atoms with Crippen LogP contribution in [-0.4, -0.2) is 17.9 Å². The number of hydrogen-bond donors (Lipinski definition) is 2. The zero-order valence-corrected chi connectivity index (χ0v) is 15.3. The van der Waals surface area contributed by atoms with Crippen molar-refractivity contribution in [2.45, 2.75) is 45.1 Å². The molecule has 0 radical (unpaired) electrons. The Kier molecular flexibility index (Phi) is 5.43. The largest absolute Gasteiger partial charge is 0.481 e. The summed E-state index contributed by atoms with van der Waals surface area (Å²) in [4.78, 5) is 24.1. The number of nitrogens with one attached hydrogen (secondary N) is 2. The topological polar surface area (TPSA) is 67.4 Å². The molecule has 3 rings (SSSR count). The molecule has 0 aliphatic heterocycles. The SMILES string of the molecule is CC(Oc1cccc(Br)c1)C(=O)NNC(=O)CC1CC2CCC1C2. The summed E-state index contributed by atoms with van der Waals surface area (Å²) in [6.07, 6.45) is 4.83. The monoisotopic (exact) mass is 394 g/mol. The van der Waals surface area contributed by atoms with Crippen molar-refractivity contribution in [2.24, 2.45) is 17.8 Å². The van der Waals surface area contributed by atoms with Crippen molar-refractivity contribution in [3.05, 3.63) is 28.7 Å². The highest BCUT2D eigenvalue weighted by Crippen LogP contribution is 2.49. The molecule has 2 aliphatic carbocycles. The predicted octanol–water partition coefficient (Wildman–Crippen LogP) is 3.19. The second-order valence-electron chi connectivity index (χ2n) is 6.89. The Bertz CT molecular complexity index is 622. The molecule has 2 aliphatic rings. The van der Waals surface area contributed by atoms with Crippen LogP contribution >= 0.6 is 15.9 Å². The molecule has 6 heteroatoms. The first-order valence-electron chi connectivity index (χ1n) is 8.52. The van der Waals surface area contributed by atoms with E-state index in [4.69, 9.17) is 4.74 Å². The van der Waals surface area contributed by atoms with Gasteiger partial charge in [-0.1, -0.05) is 28.4 Å². The van der Waals surface area contributed by atoms with Crippen LogP contribution in [0.4, 0.5) is 0 Å². The van der Waals surface area contributed by atoms with Gasteiger partial charge in [-0.2, -0.15) is 0 Å². The van der Waals surface area contributed by atoms with Crippen LogP contribution in [0, 0.1) is 17.8 Å². The molecule has 0 aromatic heterocycles. The van der Waals surface area contributed by atoms with Gasteiger partial charge in [0.05, 0.1) is 0 Å². The molecule has 24 heavy (non-hydrogen) atoms. The maximum atomic E-state index is 12.0. The summed E-state index contributed by atoms with van der Waals surface area (Å²) in [6.45, 7) is 1.65. The minimum atomic E-state index is -0.693. The minimum absolute atomic E-state index is 0.115. The molecule has 2 amide bonds. The number of rotatable bonds is 5. The predicted molar refractivity (Wildman–Crippen MR) is 94.1 cm³/mol. The molecule has 0 heterocycles. The van der Waals surface area contributed by atoms with Gasteiger partial charge in [0.25, 0.3) is 5.91 Å². The van der Waals surface area contributed by atoms with Crippen LogP contribution in [0.25, 0.3) is 0 Å². The first-order chi connectivity index (χ1) is 11.5. The van der Waals surface area contributed by atoms with Gasteiger partial charge in [-0.15, -0.1) is 0 Å². The van der Waals surface area contributed by atoms with Crippen LogP contribution in [0.15, 0.2) is 28.7 Å². The molecule has 0 saturated heterocycles. The summed E-state index contributed by atoms with van der Waals surface area (Å²) in [5, 5.41) is 0. The number of amides is 2. The third kappa shape index (κ3) is 4.29. The fourth-order valence-electron chi connectivity index (χ4n) is 3.95. The first-order valence-corrected chi connectivity index (χ1v) is 9.31. The van der Waals surface area contributed by atoms with Crippen LogP contribution in [0.2, 0.25) is 0 Å². The van der Waals surface area contributed by atoms with Gasteiger partial charge in [0, 0.05) is 10.9 Å². The minimum Gasteiger partial charge on any atom is -0.481 e. The van der Waals surface area contributed by atoms with Crippen molar-refractivity contribution in [3.8, 4) is 5.75 Å². The maximum absolute atomic E-state index is 12.0. The van der Waals surface area contributed by atoms with Gasteiger partial charge in [0.2, 0.25) is 5.91 Å². The van der Waals surface area contributed by atoms with Crippen LogP contribution in [0.5, 0.6) is 5.75 Å². The molecular formula is C18H23BrN2O3. The molecule has 130 valence electrons. The van der Waals surface area contributed by atoms with Crippen LogP contribution < -0.4 is 15.6 Å². The quantitative estimate of drug-likeness (QED) is 0.753.